The van der Waals surface area contributed by atoms with Crippen molar-refractivity contribution in [3.63, 3.8) is 0 Å². The summed E-state index contributed by atoms with van der Waals surface area (Å²) in [6.45, 7) is 2.53. The lowest BCUT2D eigenvalue weighted by Crippen LogP contribution is -2.31. The van der Waals surface area contributed by atoms with Crippen LogP contribution in [-0.4, -0.2) is 35.0 Å². The molecule has 0 saturated heterocycles. The van der Waals surface area contributed by atoms with Gasteiger partial charge in [-0.1, -0.05) is 0 Å². The zero-order valence-electron chi connectivity index (χ0n) is 14.4. The minimum Gasteiger partial charge on any atom is -0.323 e. The Kier molecular flexibility index (Phi) is 3.29. The molecule has 0 bridgehead atoms. The van der Waals surface area contributed by atoms with Crippen molar-refractivity contribution >= 4 is 28.2 Å². The Labute approximate surface area is 152 Å². The van der Waals surface area contributed by atoms with Crippen molar-refractivity contribution in [1.29, 1.82) is 0 Å². The molecule has 0 saturated carbocycles. The third-order valence-electron chi connectivity index (χ3n) is 4.38. The van der Waals surface area contributed by atoms with Gasteiger partial charge in [0, 0.05) is 24.2 Å². The van der Waals surface area contributed by atoms with E-state index >= 15 is 0 Å². The van der Waals surface area contributed by atoms with Crippen LogP contribution in [-0.2, 0) is 6.54 Å². The Morgan fingerprint density at radius 3 is 3.00 bits per heavy atom. The Hall–Kier alpha value is -3.95. The number of benzene rings is 1. The molecule has 3 aromatic heterocycles. The molecule has 0 radical (unpaired) electrons. The van der Waals surface area contributed by atoms with E-state index in [4.69, 9.17) is 0 Å². The van der Waals surface area contributed by atoms with Gasteiger partial charge in [-0.05, 0) is 25.1 Å². The predicted molar refractivity (Wildman–Crippen MR) is 102 cm³/mol. The summed E-state index contributed by atoms with van der Waals surface area (Å²) in [6, 6.07) is 7.46. The first-order valence-electron chi connectivity index (χ1n) is 8.43. The fourth-order valence-corrected chi connectivity index (χ4v) is 3.13. The van der Waals surface area contributed by atoms with Gasteiger partial charge in [-0.15, -0.1) is 0 Å². The van der Waals surface area contributed by atoms with Crippen LogP contribution in [0.1, 0.15) is 11.5 Å². The van der Waals surface area contributed by atoms with Crippen molar-refractivity contribution in [2.24, 2.45) is 0 Å². The second kappa shape index (κ2) is 5.80. The average Bonchev–Trinajstić information content (AvgIpc) is 3.36. The number of imidazole rings is 1. The molecule has 1 aliphatic rings. The number of hydrogen-bond acceptors (Lipinski definition) is 6. The molecule has 136 valence electrons. The minimum absolute atomic E-state index is 0.128. The lowest BCUT2D eigenvalue weighted by atomic mass is 10.2. The van der Waals surface area contributed by atoms with E-state index in [1.54, 1.807) is 12.3 Å². The van der Waals surface area contributed by atoms with Crippen LogP contribution in [0.15, 0.2) is 47.7 Å². The van der Waals surface area contributed by atoms with Gasteiger partial charge in [-0.25, -0.2) is 4.98 Å². The first kappa shape index (κ1) is 15.3. The molecule has 0 amide bonds. The number of anilines is 2. The van der Waals surface area contributed by atoms with Gasteiger partial charge < -0.3 is 5.32 Å². The van der Waals surface area contributed by atoms with Gasteiger partial charge in [0.05, 0.1) is 29.3 Å². The van der Waals surface area contributed by atoms with Crippen molar-refractivity contribution in [1.82, 2.24) is 35.0 Å². The average molecular weight is 363 g/mol. The lowest BCUT2D eigenvalue weighted by Gasteiger charge is -2.28. The summed E-state index contributed by atoms with van der Waals surface area (Å²) in [5.74, 6) is 2.44. The summed E-state index contributed by atoms with van der Waals surface area (Å²) in [6.07, 6.45) is 5.62. The molecule has 0 fully saturated rings. The molecule has 4 aromatic rings. The highest BCUT2D eigenvalue weighted by atomic mass is 16.1. The van der Waals surface area contributed by atoms with E-state index in [1.807, 2.05) is 47.1 Å². The molecule has 1 aromatic carbocycles. The number of nitrogens with one attached hydrogen (secondary N) is 5. The number of aromatic nitrogens is 6. The second-order valence-electron chi connectivity index (χ2n) is 6.37. The van der Waals surface area contributed by atoms with Crippen LogP contribution in [0.5, 0.6) is 0 Å². The summed E-state index contributed by atoms with van der Waals surface area (Å²) >= 11 is 0. The summed E-state index contributed by atoms with van der Waals surface area (Å²) in [7, 11) is 0. The number of aromatic amines is 3. The Morgan fingerprint density at radius 2 is 2.15 bits per heavy atom. The first-order valence-corrected chi connectivity index (χ1v) is 8.43. The fraction of sp³-hybridized carbons (Fsp3) is 0.118. The maximum Gasteiger partial charge on any atom is 0.271 e. The van der Waals surface area contributed by atoms with E-state index in [0.29, 0.717) is 11.9 Å². The molecular formula is C17H17N9O. The molecule has 0 aliphatic carbocycles. The maximum atomic E-state index is 11.7. The molecular weight excluding hydrogens is 346 g/mol. The normalized spacial score (nSPS) is 13.5. The molecule has 1 aliphatic heterocycles. The highest BCUT2D eigenvalue weighted by Crippen LogP contribution is 2.22. The van der Waals surface area contributed by atoms with Crippen LogP contribution < -0.4 is 16.3 Å². The van der Waals surface area contributed by atoms with Crippen LogP contribution in [0, 0.1) is 6.92 Å². The van der Waals surface area contributed by atoms with E-state index in [2.05, 4.69) is 36.1 Å². The van der Waals surface area contributed by atoms with Gasteiger partial charge in [0.15, 0.2) is 5.82 Å². The zero-order valence-corrected chi connectivity index (χ0v) is 14.4. The Morgan fingerprint density at radius 1 is 1.22 bits per heavy atom. The van der Waals surface area contributed by atoms with E-state index < -0.39 is 0 Å². The third kappa shape index (κ3) is 2.72. The topological polar surface area (TPSA) is 122 Å². The molecule has 10 nitrogen and oxygen atoms in total. The number of H-pyrrole nitrogens is 3. The van der Waals surface area contributed by atoms with Gasteiger partial charge >= 0.3 is 0 Å². The van der Waals surface area contributed by atoms with Crippen molar-refractivity contribution < 1.29 is 0 Å². The van der Waals surface area contributed by atoms with Crippen LogP contribution in [0.3, 0.4) is 0 Å². The summed E-state index contributed by atoms with van der Waals surface area (Å²) in [5.41, 5.74) is 5.78. The van der Waals surface area contributed by atoms with Crippen molar-refractivity contribution in [2.45, 2.75) is 13.5 Å². The molecule has 0 atom stereocenters. The number of nitrogens with zero attached hydrogens (tertiary/aromatic N) is 4. The van der Waals surface area contributed by atoms with Gasteiger partial charge in [-0.2, -0.15) is 5.10 Å². The molecule has 5 N–H and O–H groups in total. The highest BCUT2D eigenvalue weighted by Gasteiger charge is 2.18. The molecule has 0 spiro atoms. The molecule has 27 heavy (non-hydrogen) atoms. The fourth-order valence-electron chi connectivity index (χ4n) is 3.13. The van der Waals surface area contributed by atoms with Crippen molar-refractivity contribution in [3.8, 4) is 0 Å². The number of aryl methyl sites for hydroxylation is 1. The van der Waals surface area contributed by atoms with Crippen LogP contribution in [0.25, 0.3) is 16.7 Å². The quantitative estimate of drug-likeness (QED) is 0.377. The van der Waals surface area contributed by atoms with E-state index in [-0.39, 0.29) is 5.56 Å². The smallest absolute Gasteiger partial charge is 0.271 e. The van der Waals surface area contributed by atoms with E-state index in [9.17, 15) is 4.79 Å². The largest absolute Gasteiger partial charge is 0.323 e. The first-order chi connectivity index (χ1) is 13.2. The number of hydrogen-bond donors (Lipinski definition) is 5. The summed E-state index contributed by atoms with van der Waals surface area (Å²) in [5, 5.41) is 18.5. The summed E-state index contributed by atoms with van der Waals surface area (Å²) < 4.78 is 1.98. The Bertz CT molecular complexity index is 1210. The maximum absolute atomic E-state index is 11.7. The standard InChI is InChI=1S/C17H17N9O/c1-10-6-14(22-20-10)19-16-9-25(8-15-18-4-5-26(15)16)24-11-2-3-12-13(7-11)21-23-17(12)27/h2-7,9,24H,8H2,1H3,(H2,19,20,22)(H2,21,23,27). The van der Waals surface area contributed by atoms with Gasteiger partial charge in [0.25, 0.3) is 5.56 Å². The van der Waals surface area contributed by atoms with Gasteiger partial charge in [0.1, 0.15) is 11.6 Å². The monoisotopic (exact) mass is 363 g/mol. The van der Waals surface area contributed by atoms with Crippen LogP contribution >= 0.6 is 0 Å². The lowest BCUT2D eigenvalue weighted by molar-refractivity contribution is 0.413. The number of hydrazine groups is 1. The van der Waals surface area contributed by atoms with E-state index in [0.717, 1.165) is 34.4 Å². The van der Waals surface area contributed by atoms with Crippen molar-refractivity contribution in [2.75, 3.05) is 10.7 Å². The zero-order chi connectivity index (χ0) is 18.4. The van der Waals surface area contributed by atoms with Crippen LogP contribution in [0.4, 0.5) is 11.5 Å². The minimum atomic E-state index is -0.128. The Balaban J connectivity index is 1.44. The van der Waals surface area contributed by atoms with Gasteiger partial charge in [0.2, 0.25) is 0 Å². The second-order valence-corrected chi connectivity index (χ2v) is 6.37. The SMILES string of the molecule is Cc1cc(NC2=CN(Nc3ccc4c(=O)[nH][nH]c4c3)Cc3nccn32)n[nH]1. The highest BCUT2D eigenvalue weighted by molar-refractivity contribution is 5.81. The van der Waals surface area contributed by atoms with E-state index in [1.165, 1.54) is 0 Å². The van der Waals surface area contributed by atoms with Gasteiger partial charge in [-0.3, -0.25) is 35.1 Å². The number of fused-ring (bicyclic) bond motifs is 2. The molecule has 10 heteroatoms. The number of rotatable bonds is 4. The molecule has 5 rings (SSSR count). The molecule has 0 unspecified atom stereocenters. The summed E-state index contributed by atoms with van der Waals surface area (Å²) in [4.78, 5) is 16.1. The third-order valence-corrected chi connectivity index (χ3v) is 4.38. The molecule has 4 heterocycles. The van der Waals surface area contributed by atoms with Crippen LogP contribution in [0.2, 0.25) is 0 Å². The van der Waals surface area contributed by atoms with Crippen molar-refractivity contribution in [3.05, 3.63) is 64.7 Å². The predicted octanol–water partition coefficient (Wildman–Crippen LogP) is 1.79.